The zero-order valence-electron chi connectivity index (χ0n) is 12.5. The number of hydrogen-bond acceptors (Lipinski definition) is 3. The van der Waals surface area contributed by atoms with Crippen molar-refractivity contribution in [3.63, 3.8) is 0 Å². The molecule has 1 aliphatic carbocycles. The number of nitrogens with zero attached hydrogens (tertiary/aromatic N) is 1. The molecule has 0 bridgehead atoms. The fraction of sp³-hybridized carbons (Fsp3) is 0.647. The highest BCUT2D eigenvalue weighted by Crippen LogP contribution is 2.32. The standard InChI is InChI=1S/C17H26N2S/c1-20-17-5-3-2-4-15(17)13-19(12-14-6-7-14)16-8-10-18-11-9-16/h2-5,14,16,18H,6-13H2,1H3. The molecule has 0 amide bonds. The normalized spacial score (nSPS) is 20.5. The first-order valence-electron chi connectivity index (χ1n) is 7.93. The van der Waals surface area contributed by atoms with Crippen LogP contribution in [0.5, 0.6) is 0 Å². The van der Waals surface area contributed by atoms with E-state index in [1.165, 1.54) is 55.8 Å². The van der Waals surface area contributed by atoms with Gasteiger partial charge < -0.3 is 5.32 Å². The summed E-state index contributed by atoms with van der Waals surface area (Å²) in [6, 6.07) is 9.70. The number of rotatable bonds is 6. The molecule has 2 aliphatic rings. The van der Waals surface area contributed by atoms with Crippen molar-refractivity contribution in [1.82, 2.24) is 10.2 Å². The minimum Gasteiger partial charge on any atom is -0.317 e. The maximum absolute atomic E-state index is 3.49. The largest absolute Gasteiger partial charge is 0.317 e. The molecule has 1 N–H and O–H groups in total. The van der Waals surface area contributed by atoms with Crippen LogP contribution in [0.2, 0.25) is 0 Å². The van der Waals surface area contributed by atoms with Gasteiger partial charge in [0, 0.05) is 24.0 Å². The molecule has 1 aliphatic heterocycles. The van der Waals surface area contributed by atoms with Gasteiger partial charge in [-0.15, -0.1) is 11.8 Å². The number of nitrogens with one attached hydrogen (secondary N) is 1. The Hall–Kier alpha value is -0.510. The van der Waals surface area contributed by atoms with Crippen molar-refractivity contribution in [2.24, 2.45) is 5.92 Å². The van der Waals surface area contributed by atoms with Gasteiger partial charge in [0.05, 0.1) is 0 Å². The Balaban J connectivity index is 1.70. The molecule has 0 radical (unpaired) electrons. The molecule has 20 heavy (non-hydrogen) atoms. The van der Waals surface area contributed by atoms with Gasteiger partial charge in [0.1, 0.15) is 0 Å². The van der Waals surface area contributed by atoms with E-state index in [0.717, 1.165) is 18.5 Å². The number of piperidine rings is 1. The molecule has 1 aromatic carbocycles. The fourth-order valence-electron chi connectivity index (χ4n) is 3.20. The third kappa shape index (κ3) is 3.78. The molecule has 1 aromatic rings. The van der Waals surface area contributed by atoms with Gasteiger partial charge >= 0.3 is 0 Å². The molecule has 0 unspecified atom stereocenters. The predicted octanol–water partition coefficient (Wildman–Crippen LogP) is 3.37. The van der Waals surface area contributed by atoms with E-state index in [2.05, 4.69) is 40.7 Å². The Labute approximate surface area is 127 Å². The Morgan fingerprint density at radius 2 is 1.90 bits per heavy atom. The van der Waals surface area contributed by atoms with Gasteiger partial charge in [0.15, 0.2) is 0 Å². The second-order valence-corrected chi connectivity index (χ2v) is 7.01. The molecule has 0 atom stereocenters. The summed E-state index contributed by atoms with van der Waals surface area (Å²) in [6.45, 7) is 4.83. The van der Waals surface area contributed by atoms with Gasteiger partial charge in [0.25, 0.3) is 0 Å². The second kappa shape index (κ2) is 6.97. The molecule has 2 nitrogen and oxygen atoms in total. The van der Waals surface area contributed by atoms with Crippen LogP contribution >= 0.6 is 11.8 Å². The van der Waals surface area contributed by atoms with Crippen LogP contribution in [0.4, 0.5) is 0 Å². The average molecular weight is 290 g/mol. The zero-order valence-corrected chi connectivity index (χ0v) is 13.3. The summed E-state index contributed by atoms with van der Waals surface area (Å²) in [4.78, 5) is 4.22. The molecule has 110 valence electrons. The van der Waals surface area contributed by atoms with Crippen LogP contribution in [-0.2, 0) is 6.54 Å². The highest BCUT2D eigenvalue weighted by Gasteiger charge is 2.29. The molecule has 3 rings (SSSR count). The van der Waals surface area contributed by atoms with E-state index in [0.29, 0.717) is 0 Å². The lowest BCUT2D eigenvalue weighted by Gasteiger charge is -2.35. The fourth-order valence-corrected chi connectivity index (χ4v) is 3.81. The zero-order chi connectivity index (χ0) is 13.8. The Morgan fingerprint density at radius 1 is 1.15 bits per heavy atom. The first-order valence-corrected chi connectivity index (χ1v) is 9.16. The van der Waals surface area contributed by atoms with Crippen molar-refractivity contribution in [2.75, 3.05) is 25.9 Å². The molecular formula is C17H26N2S. The van der Waals surface area contributed by atoms with Crippen LogP contribution in [0.3, 0.4) is 0 Å². The van der Waals surface area contributed by atoms with Crippen molar-refractivity contribution in [3.8, 4) is 0 Å². The highest BCUT2D eigenvalue weighted by molar-refractivity contribution is 7.98. The summed E-state index contributed by atoms with van der Waals surface area (Å²) in [6.07, 6.45) is 7.72. The van der Waals surface area contributed by atoms with E-state index in [1.807, 2.05) is 11.8 Å². The maximum Gasteiger partial charge on any atom is 0.0247 e. The van der Waals surface area contributed by atoms with Crippen LogP contribution in [-0.4, -0.2) is 36.8 Å². The van der Waals surface area contributed by atoms with Crippen molar-refractivity contribution < 1.29 is 0 Å². The van der Waals surface area contributed by atoms with Crippen LogP contribution < -0.4 is 5.32 Å². The van der Waals surface area contributed by atoms with Gasteiger partial charge in [-0.2, -0.15) is 0 Å². The smallest absolute Gasteiger partial charge is 0.0247 e. The molecular weight excluding hydrogens is 264 g/mol. The van der Waals surface area contributed by atoms with Crippen LogP contribution in [0, 0.1) is 5.92 Å². The third-order valence-electron chi connectivity index (χ3n) is 4.58. The summed E-state index contributed by atoms with van der Waals surface area (Å²) >= 11 is 1.88. The van der Waals surface area contributed by atoms with Gasteiger partial charge in [-0.25, -0.2) is 0 Å². The number of hydrogen-bond donors (Lipinski definition) is 1. The molecule has 1 heterocycles. The minimum absolute atomic E-state index is 0.784. The first-order chi connectivity index (χ1) is 9.86. The summed E-state index contributed by atoms with van der Waals surface area (Å²) < 4.78 is 0. The number of benzene rings is 1. The highest BCUT2D eigenvalue weighted by atomic mass is 32.2. The summed E-state index contributed by atoms with van der Waals surface area (Å²) in [5.41, 5.74) is 1.51. The van der Waals surface area contributed by atoms with E-state index >= 15 is 0 Å². The van der Waals surface area contributed by atoms with Gasteiger partial charge in [0.2, 0.25) is 0 Å². The van der Waals surface area contributed by atoms with Crippen molar-refractivity contribution in [3.05, 3.63) is 29.8 Å². The molecule has 3 heteroatoms. The van der Waals surface area contributed by atoms with E-state index in [4.69, 9.17) is 0 Å². The lowest BCUT2D eigenvalue weighted by molar-refractivity contribution is 0.146. The Kier molecular flexibility index (Phi) is 5.03. The minimum atomic E-state index is 0.784. The van der Waals surface area contributed by atoms with E-state index in [1.54, 1.807) is 0 Å². The van der Waals surface area contributed by atoms with Crippen molar-refractivity contribution >= 4 is 11.8 Å². The average Bonchev–Trinajstić information content (AvgIpc) is 3.32. The Bertz CT molecular complexity index is 425. The lowest BCUT2D eigenvalue weighted by Crippen LogP contribution is -2.43. The third-order valence-corrected chi connectivity index (χ3v) is 5.42. The van der Waals surface area contributed by atoms with Crippen LogP contribution in [0.25, 0.3) is 0 Å². The summed E-state index contributed by atoms with van der Waals surface area (Å²) in [5, 5.41) is 3.49. The van der Waals surface area contributed by atoms with E-state index < -0.39 is 0 Å². The van der Waals surface area contributed by atoms with E-state index in [-0.39, 0.29) is 0 Å². The second-order valence-electron chi connectivity index (χ2n) is 6.17. The van der Waals surface area contributed by atoms with Gasteiger partial charge in [-0.05, 0) is 62.6 Å². The maximum atomic E-state index is 3.49. The summed E-state index contributed by atoms with van der Waals surface area (Å²) in [5.74, 6) is 0.978. The molecule has 2 fully saturated rings. The SMILES string of the molecule is CSc1ccccc1CN(CC1CC1)C1CCNCC1. The summed E-state index contributed by atoms with van der Waals surface area (Å²) in [7, 11) is 0. The Morgan fingerprint density at radius 3 is 2.60 bits per heavy atom. The monoisotopic (exact) mass is 290 g/mol. The van der Waals surface area contributed by atoms with Crippen LogP contribution in [0.1, 0.15) is 31.2 Å². The lowest BCUT2D eigenvalue weighted by atomic mass is 10.0. The van der Waals surface area contributed by atoms with Gasteiger partial charge in [-0.3, -0.25) is 4.90 Å². The molecule has 0 aromatic heterocycles. The topological polar surface area (TPSA) is 15.3 Å². The number of thioether (sulfide) groups is 1. The molecule has 1 saturated carbocycles. The first kappa shape index (κ1) is 14.4. The van der Waals surface area contributed by atoms with Crippen molar-refractivity contribution in [1.29, 1.82) is 0 Å². The molecule has 1 saturated heterocycles. The van der Waals surface area contributed by atoms with Gasteiger partial charge in [-0.1, -0.05) is 18.2 Å². The van der Waals surface area contributed by atoms with Crippen molar-refractivity contribution in [2.45, 2.75) is 43.2 Å². The predicted molar refractivity (Wildman–Crippen MR) is 87.2 cm³/mol. The van der Waals surface area contributed by atoms with Crippen LogP contribution in [0.15, 0.2) is 29.2 Å². The quantitative estimate of drug-likeness (QED) is 0.809. The molecule has 0 spiro atoms. The van der Waals surface area contributed by atoms with E-state index in [9.17, 15) is 0 Å².